The molecule has 3 rings (SSSR count). The topological polar surface area (TPSA) is 63.5 Å². The average Bonchev–Trinajstić information content (AvgIpc) is 3.26. The summed E-state index contributed by atoms with van der Waals surface area (Å²) in [4.78, 5) is 16.7. The Hall–Kier alpha value is -1.47. The number of carbonyl (C=O) groups is 1. The van der Waals surface area contributed by atoms with Gasteiger partial charge in [-0.1, -0.05) is 5.21 Å². The minimum absolute atomic E-state index is 0.0751. The smallest absolute Gasteiger partial charge is 0.228 e. The molecule has 7 heteroatoms. The summed E-state index contributed by atoms with van der Waals surface area (Å²) in [6.45, 7) is 8.09. The molecule has 0 bridgehead atoms. The maximum Gasteiger partial charge on any atom is 0.228 e. The molecule has 1 atom stereocenters. The van der Waals surface area contributed by atoms with Gasteiger partial charge in [-0.2, -0.15) is 0 Å². The van der Waals surface area contributed by atoms with Crippen LogP contribution in [0.4, 0.5) is 0 Å². The zero-order chi connectivity index (χ0) is 17.1. The third-order valence-electron chi connectivity index (χ3n) is 5.28. The Bertz CT molecular complexity index is 545. The van der Waals surface area contributed by atoms with Crippen LogP contribution in [0.15, 0.2) is 6.20 Å². The van der Waals surface area contributed by atoms with Crippen molar-refractivity contribution >= 4 is 5.91 Å². The largest absolute Gasteiger partial charge is 0.381 e. The van der Waals surface area contributed by atoms with Crippen LogP contribution in [0, 0.1) is 5.92 Å². The molecule has 0 saturated carbocycles. The van der Waals surface area contributed by atoms with Gasteiger partial charge < -0.3 is 9.64 Å². The Balaban J connectivity index is 1.51. The average molecular weight is 335 g/mol. The Morgan fingerprint density at radius 3 is 2.75 bits per heavy atom. The minimum Gasteiger partial charge on any atom is -0.381 e. The summed E-state index contributed by atoms with van der Waals surface area (Å²) in [5.41, 5.74) is 1.01. The molecular formula is C17H29N5O2. The van der Waals surface area contributed by atoms with Crippen molar-refractivity contribution in [2.24, 2.45) is 5.92 Å². The van der Waals surface area contributed by atoms with Gasteiger partial charge in [0.2, 0.25) is 5.91 Å². The van der Waals surface area contributed by atoms with E-state index in [1.807, 2.05) is 9.58 Å². The van der Waals surface area contributed by atoms with Gasteiger partial charge in [0.25, 0.3) is 0 Å². The quantitative estimate of drug-likeness (QED) is 0.812. The van der Waals surface area contributed by atoms with E-state index in [9.17, 15) is 4.79 Å². The van der Waals surface area contributed by atoms with Gasteiger partial charge in [0.15, 0.2) is 0 Å². The zero-order valence-corrected chi connectivity index (χ0v) is 15.0. The van der Waals surface area contributed by atoms with Crippen LogP contribution in [-0.4, -0.2) is 70.1 Å². The molecule has 0 N–H and O–H groups in total. The van der Waals surface area contributed by atoms with Gasteiger partial charge in [-0.15, -0.1) is 5.10 Å². The molecule has 1 amide bonds. The third kappa shape index (κ3) is 3.95. The van der Waals surface area contributed by atoms with E-state index < -0.39 is 0 Å². The first-order chi connectivity index (χ1) is 11.5. The fraction of sp³-hybridized carbons (Fsp3) is 0.824. The Labute approximate surface area is 143 Å². The summed E-state index contributed by atoms with van der Waals surface area (Å²) >= 11 is 0. The molecule has 134 valence electrons. The predicted octanol–water partition coefficient (Wildman–Crippen LogP) is 1.32. The number of ether oxygens (including phenoxy) is 1. The van der Waals surface area contributed by atoms with Gasteiger partial charge in [0, 0.05) is 32.3 Å². The van der Waals surface area contributed by atoms with E-state index in [2.05, 4.69) is 42.3 Å². The molecule has 0 radical (unpaired) electrons. The molecule has 2 saturated heterocycles. The lowest BCUT2D eigenvalue weighted by molar-refractivity contribution is -0.136. The van der Waals surface area contributed by atoms with Crippen LogP contribution in [0.1, 0.15) is 44.8 Å². The lowest BCUT2D eigenvalue weighted by Crippen LogP contribution is -2.42. The molecule has 0 aliphatic carbocycles. The fourth-order valence-corrected chi connectivity index (χ4v) is 3.34. The maximum absolute atomic E-state index is 12.4. The van der Waals surface area contributed by atoms with Crippen LogP contribution in [0.5, 0.6) is 0 Å². The molecule has 0 unspecified atom stereocenters. The van der Waals surface area contributed by atoms with E-state index >= 15 is 0 Å². The summed E-state index contributed by atoms with van der Waals surface area (Å²) < 4.78 is 7.33. The van der Waals surface area contributed by atoms with Gasteiger partial charge in [0.05, 0.1) is 30.5 Å². The second-order valence-electron chi connectivity index (χ2n) is 7.32. The fourth-order valence-electron chi connectivity index (χ4n) is 3.34. The van der Waals surface area contributed by atoms with Gasteiger partial charge >= 0.3 is 0 Å². The summed E-state index contributed by atoms with van der Waals surface area (Å²) in [6.07, 6.45) is 4.82. The highest BCUT2D eigenvalue weighted by Crippen LogP contribution is 2.24. The number of piperidine rings is 1. The molecule has 2 aliphatic rings. The first-order valence-electron chi connectivity index (χ1n) is 9.02. The molecule has 1 aromatic rings. The number of rotatable bonds is 5. The first-order valence-corrected chi connectivity index (χ1v) is 9.02. The number of aromatic nitrogens is 3. The maximum atomic E-state index is 12.4. The summed E-state index contributed by atoms with van der Waals surface area (Å²) in [6, 6.07) is 0.837. The van der Waals surface area contributed by atoms with Gasteiger partial charge in [-0.25, -0.2) is 4.68 Å². The van der Waals surface area contributed by atoms with Crippen molar-refractivity contribution in [3.8, 4) is 0 Å². The number of carbonyl (C=O) groups excluding carboxylic acids is 1. The molecule has 0 spiro atoms. The van der Waals surface area contributed by atoms with Crippen LogP contribution in [-0.2, 0) is 16.1 Å². The molecule has 0 aromatic carbocycles. The highest BCUT2D eigenvalue weighted by Gasteiger charge is 2.31. The predicted molar refractivity (Wildman–Crippen MR) is 90.4 cm³/mol. The van der Waals surface area contributed by atoms with E-state index in [1.54, 1.807) is 0 Å². The van der Waals surface area contributed by atoms with Crippen LogP contribution in [0.3, 0.4) is 0 Å². The van der Waals surface area contributed by atoms with Crippen molar-refractivity contribution in [2.45, 2.75) is 51.7 Å². The summed E-state index contributed by atoms with van der Waals surface area (Å²) in [5, 5.41) is 8.62. The van der Waals surface area contributed by atoms with E-state index in [4.69, 9.17) is 4.74 Å². The number of hydrogen-bond acceptors (Lipinski definition) is 5. The van der Waals surface area contributed by atoms with Crippen molar-refractivity contribution < 1.29 is 9.53 Å². The van der Waals surface area contributed by atoms with Crippen LogP contribution in [0.2, 0.25) is 0 Å². The van der Waals surface area contributed by atoms with Crippen molar-refractivity contribution in [2.75, 3.05) is 33.4 Å². The number of hydrogen-bond donors (Lipinski definition) is 0. The molecule has 7 nitrogen and oxygen atoms in total. The van der Waals surface area contributed by atoms with Crippen LogP contribution < -0.4 is 0 Å². The van der Waals surface area contributed by atoms with Gasteiger partial charge in [-0.05, 0) is 40.2 Å². The van der Waals surface area contributed by atoms with Gasteiger partial charge in [-0.3, -0.25) is 9.69 Å². The summed E-state index contributed by atoms with van der Waals surface area (Å²) in [7, 11) is 2.10. The molecule has 1 aromatic heterocycles. The lowest BCUT2D eigenvalue weighted by Gasteiger charge is -2.33. The number of nitrogens with zero attached hydrogens (tertiary/aromatic N) is 5. The number of amides is 1. The SMILES string of the molecule is CC(C)N(C)Cc1cn(C2CCN(C(=O)[C@@H]3CCOC3)CC2)nn1. The Morgan fingerprint density at radius 2 is 2.12 bits per heavy atom. The Kier molecular flexibility index (Phi) is 5.50. The van der Waals surface area contributed by atoms with Crippen molar-refractivity contribution in [1.82, 2.24) is 24.8 Å². The second-order valence-corrected chi connectivity index (χ2v) is 7.32. The highest BCUT2D eigenvalue weighted by atomic mass is 16.5. The first kappa shape index (κ1) is 17.4. The highest BCUT2D eigenvalue weighted by molar-refractivity contribution is 5.79. The van der Waals surface area contributed by atoms with Gasteiger partial charge in [0.1, 0.15) is 0 Å². The summed E-state index contributed by atoms with van der Waals surface area (Å²) in [5.74, 6) is 0.342. The molecule has 2 fully saturated rings. The van der Waals surface area contributed by atoms with E-state index in [-0.39, 0.29) is 11.8 Å². The van der Waals surface area contributed by atoms with E-state index in [0.717, 1.165) is 51.2 Å². The number of likely N-dealkylation sites (tertiary alicyclic amines) is 1. The normalized spacial score (nSPS) is 22.7. The third-order valence-corrected chi connectivity index (χ3v) is 5.28. The molecular weight excluding hydrogens is 306 g/mol. The zero-order valence-electron chi connectivity index (χ0n) is 15.0. The molecule has 3 heterocycles. The van der Waals surface area contributed by atoms with Crippen molar-refractivity contribution in [1.29, 1.82) is 0 Å². The minimum atomic E-state index is 0.0751. The monoisotopic (exact) mass is 335 g/mol. The van der Waals surface area contributed by atoms with Crippen molar-refractivity contribution in [3.05, 3.63) is 11.9 Å². The second kappa shape index (κ2) is 7.61. The lowest BCUT2D eigenvalue weighted by atomic mass is 10.0. The molecule has 2 aliphatic heterocycles. The van der Waals surface area contributed by atoms with E-state index in [1.165, 1.54) is 0 Å². The van der Waals surface area contributed by atoms with Crippen LogP contribution in [0.25, 0.3) is 0 Å². The van der Waals surface area contributed by atoms with Crippen molar-refractivity contribution in [3.63, 3.8) is 0 Å². The molecule has 24 heavy (non-hydrogen) atoms. The Morgan fingerprint density at radius 1 is 1.38 bits per heavy atom. The standard InChI is InChI=1S/C17H29N5O2/c1-13(2)20(3)10-15-11-22(19-18-15)16-4-7-21(8-5-16)17(23)14-6-9-24-12-14/h11,13-14,16H,4-10,12H2,1-3H3/t14-/m1/s1. The van der Waals surface area contributed by atoms with Crippen LogP contribution >= 0.6 is 0 Å². The van der Waals surface area contributed by atoms with E-state index in [0.29, 0.717) is 18.7 Å².